The third kappa shape index (κ3) is 8.06. The normalized spacial score (nSPS) is 19.7. The Morgan fingerprint density at radius 3 is 2.20 bits per heavy atom. The quantitative estimate of drug-likeness (QED) is 0.728. The molecule has 30 heavy (non-hydrogen) atoms. The molecule has 2 atom stereocenters. The molecule has 0 aliphatic carbocycles. The van der Waals surface area contributed by atoms with Gasteiger partial charge in [0.2, 0.25) is 0 Å². The predicted molar refractivity (Wildman–Crippen MR) is 116 cm³/mol. The average molecular weight is 457 g/mol. The van der Waals surface area contributed by atoms with Gasteiger partial charge in [-0.15, -0.1) is 0 Å². The van der Waals surface area contributed by atoms with Crippen molar-refractivity contribution >= 4 is 17.5 Å². The van der Waals surface area contributed by atoms with E-state index in [0.717, 1.165) is 19.5 Å². The van der Waals surface area contributed by atoms with E-state index < -0.39 is 18.1 Å². The number of nitrogens with one attached hydrogen (secondary N) is 1. The summed E-state index contributed by atoms with van der Waals surface area (Å²) in [7, 11) is 0. The molecule has 1 fully saturated rings. The van der Waals surface area contributed by atoms with E-state index in [4.69, 9.17) is 11.6 Å². The monoisotopic (exact) mass is 456 g/mol. The lowest BCUT2D eigenvalue weighted by Crippen LogP contribution is -2.54. The zero-order chi connectivity index (χ0) is 20.4. The molecule has 5 N–H and O–H groups in total. The molecule has 1 aromatic carbocycles. The van der Waals surface area contributed by atoms with Crippen LogP contribution >= 0.6 is 11.6 Å². The van der Waals surface area contributed by atoms with Crippen LogP contribution < -0.4 is 5.32 Å². The van der Waals surface area contributed by atoms with E-state index in [2.05, 4.69) is 24.1 Å². The molecule has 2 rings (SSSR count). The predicted octanol–water partition coefficient (Wildman–Crippen LogP) is 3.85. The van der Waals surface area contributed by atoms with E-state index in [1.165, 1.54) is 5.56 Å². The van der Waals surface area contributed by atoms with E-state index in [1.54, 1.807) is 0 Å². The molecule has 0 unspecified atom stereocenters. The van der Waals surface area contributed by atoms with Gasteiger partial charge in [-0.05, 0) is 47.9 Å². The van der Waals surface area contributed by atoms with Crippen LogP contribution in [0.2, 0.25) is 5.02 Å². The van der Waals surface area contributed by atoms with Crippen LogP contribution in [0.15, 0.2) is 24.3 Å². The molecule has 1 saturated heterocycles. The number of likely N-dealkylation sites (tertiary alicyclic amines) is 1. The second kappa shape index (κ2) is 11.9. The van der Waals surface area contributed by atoms with E-state index in [-0.39, 0.29) is 29.7 Å². The Morgan fingerprint density at radius 2 is 1.77 bits per heavy atom. The van der Waals surface area contributed by atoms with Gasteiger partial charge in [0.05, 0.1) is 0 Å². The number of rotatable bonds is 5. The van der Waals surface area contributed by atoms with E-state index in [0.29, 0.717) is 17.5 Å². The molecule has 9 heteroatoms. The highest BCUT2D eigenvalue weighted by Crippen LogP contribution is 2.42. The van der Waals surface area contributed by atoms with Crippen molar-refractivity contribution in [1.82, 2.24) is 10.2 Å². The molecule has 1 aliphatic rings. The first-order valence-electron chi connectivity index (χ1n) is 9.25. The molecule has 0 spiro atoms. The second-order valence-electron chi connectivity index (χ2n) is 8.44. The summed E-state index contributed by atoms with van der Waals surface area (Å²) in [5.74, 6) is -1.60. The highest BCUT2D eigenvalue weighted by Gasteiger charge is 2.41. The minimum atomic E-state index is -4.85. The van der Waals surface area contributed by atoms with Crippen molar-refractivity contribution in [3.63, 3.8) is 0 Å². The first kappa shape index (κ1) is 30.8. The second-order valence-corrected chi connectivity index (χ2v) is 8.87. The number of piperidine rings is 1. The van der Waals surface area contributed by atoms with E-state index in [9.17, 15) is 18.0 Å². The summed E-state index contributed by atoms with van der Waals surface area (Å²) in [4.78, 5) is 13.5. The molecule has 1 aromatic rings. The van der Waals surface area contributed by atoms with Crippen LogP contribution in [0.25, 0.3) is 0 Å². The zero-order valence-corrected chi connectivity index (χ0v) is 18.0. The van der Waals surface area contributed by atoms with Crippen molar-refractivity contribution in [2.45, 2.75) is 59.7 Å². The smallest absolute Gasteiger partial charge is 0.412 e. The Bertz CT molecular complexity index is 652. The van der Waals surface area contributed by atoms with Crippen LogP contribution in [-0.4, -0.2) is 53.6 Å². The van der Waals surface area contributed by atoms with Gasteiger partial charge in [0.1, 0.15) is 0 Å². The van der Waals surface area contributed by atoms with Gasteiger partial charge in [-0.2, -0.15) is 13.2 Å². The summed E-state index contributed by atoms with van der Waals surface area (Å²) in [6.45, 7) is 9.96. The molecule has 1 aliphatic heterocycles. The lowest BCUT2D eigenvalue weighted by Gasteiger charge is -2.46. The number of carbonyl (C=O) groups excluding carboxylic acids is 1. The number of nitrogens with zero attached hydrogens (tertiary/aromatic N) is 1. The van der Waals surface area contributed by atoms with Crippen LogP contribution in [0.5, 0.6) is 0 Å². The van der Waals surface area contributed by atoms with Crippen molar-refractivity contribution in [2.75, 3.05) is 19.6 Å². The van der Waals surface area contributed by atoms with Crippen LogP contribution in [-0.2, 0) is 4.79 Å². The maximum atomic E-state index is 12.6. The van der Waals surface area contributed by atoms with Crippen LogP contribution in [0.4, 0.5) is 13.2 Å². The molecular formula is C21H36ClF3N2O3. The molecule has 1 amide bonds. The van der Waals surface area contributed by atoms with Crippen molar-refractivity contribution in [3.05, 3.63) is 34.9 Å². The zero-order valence-electron chi connectivity index (χ0n) is 17.2. The van der Waals surface area contributed by atoms with Crippen molar-refractivity contribution in [1.29, 1.82) is 0 Å². The summed E-state index contributed by atoms with van der Waals surface area (Å²) < 4.78 is 37.8. The Labute approximate surface area is 182 Å². The number of hydrogen-bond acceptors (Lipinski definition) is 2. The number of benzene rings is 1. The average Bonchev–Trinajstić information content (AvgIpc) is 2.53. The summed E-state index contributed by atoms with van der Waals surface area (Å²) in [5, 5.41) is 2.86. The summed E-state index contributed by atoms with van der Waals surface area (Å²) in [6.07, 6.45) is -3.94. The summed E-state index contributed by atoms with van der Waals surface area (Å²) in [6, 6.07) is 7.33. The van der Waals surface area contributed by atoms with E-state index >= 15 is 0 Å². The lowest BCUT2D eigenvalue weighted by molar-refractivity contribution is -0.174. The lowest BCUT2D eigenvalue weighted by atomic mass is 9.70. The molecule has 0 aromatic heterocycles. The van der Waals surface area contributed by atoms with E-state index in [1.807, 2.05) is 38.1 Å². The first-order valence-corrected chi connectivity index (χ1v) is 9.63. The maximum absolute atomic E-state index is 12.6. The molecule has 0 radical (unpaired) electrons. The minimum absolute atomic E-state index is 0. The molecule has 0 saturated carbocycles. The first-order chi connectivity index (χ1) is 12.4. The highest BCUT2D eigenvalue weighted by molar-refractivity contribution is 6.30. The van der Waals surface area contributed by atoms with Gasteiger partial charge in [0.25, 0.3) is 0 Å². The number of alkyl halides is 3. The Balaban J connectivity index is 0. The largest absolute Gasteiger partial charge is 0.471 e. The summed E-state index contributed by atoms with van der Waals surface area (Å²) >= 11 is 5.98. The Hall–Kier alpha value is -1.35. The maximum Gasteiger partial charge on any atom is 0.471 e. The SMILES string of the molecule is C.CC(C)[C@H](CN1CC[C@H](c2ccc(Cl)cc2)C(C)(C)C1)NC(=O)C(F)(F)F.O.O. The van der Waals surface area contributed by atoms with Gasteiger partial charge in [0.15, 0.2) is 0 Å². The molecule has 176 valence electrons. The standard InChI is InChI=1S/C20H28ClF3N2O.CH4.2H2O/c1-13(2)17(25-18(27)20(22,23)24)11-26-10-9-16(19(3,4)12-26)14-5-7-15(21)8-6-14;;;/h5-8,13,16-17H,9-12H2,1-4H3,(H,25,27);1H4;2*1H2/t16-,17+;;;/m1.../s1. The molecule has 0 bridgehead atoms. The Morgan fingerprint density at radius 1 is 1.23 bits per heavy atom. The fourth-order valence-corrected chi connectivity index (χ4v) is 4.01. The minimum Gasteiger partial charge on any atom is -0.412 e. The molecule has 5 nitrogen and oxygen atoms in total. The van der Waals surface area contributed by atoms with Crippen molar-refractivity contribution in [3.8, 4) is 0 Å². The summed E-state index contributed by atoms with van der Waals surface area (Å²) in [5.41, 5.74) is 1.19. The Kier molecular flexibility index (Phi) is 12.2. The van der Waals surface area contributed by atoms with Crippen molar-refractivity contribution in [2.24, 2.45) is 11.3 Å². The topological polar surface area (TPSA) is 95.3 Å². The van der Waals surface area contributed by atoms with Gasteiger partial charge >= 0.3 is 12.1 Å². The number of amides is 1. The third-order valence-electron chi connectivity index (χ3n) is 5.41. The number of carbonyl (C=O) groups is 1. The van der Waals surface area contributed by atoms with Gasteiger partial charge in [-0.3, -0.25) is 4.79 Å². The number of hydrogen-bond donors (Lipinski definition) is 1. The van der Waals surface area contributed by atoms with Gasteiger partial charge in [-0.25, -0.2) is 0 Å². The fourth-order valence-electron chi connectivity index (χ4n) is 3.89. The molecular weight excluding hydrogens is 421 g/mol. The van der Waals surface area contributed by atoms with Gasteiger partial charge < -0.3 is 21.2 Å². The van der Waals surface area contributed by atoms with Crippen LogP contribution in [0.1, 0.15) is 53.0 Å². The van der Waals surface area contributed by atoms with Crippen LogP contribution in [0.3, 0.4) is 0 Å². The van der Waals surface area contributed by atoms with Crippen molar-refractivity contribution < 1.29 is 28.9 Å². The fraction of sp³-hybridized carbons (Fsp3) is 0.667. The van der Waals surface area contributed by atoms with Gasteiger partial charge in [0, 0.05) is 24.2 Å². The van der Waals surface area contributed by atoms with Gasteiger partial charge in [-0.1, -0.05) is 58.9 Å². The third-order valence-corrected chi connectivity index (χ3v) is 5.67. The van der Waals surface area contributed by atoms with Crippen LogP contribution in [0, 0.1) is 11.3 Å². The highest BCUT2D eigenvalue weighted by atomic mass is 35.5. The number of halogens is 4. The molecule has 1 heterocycles.